The second-order valence-corrected chi connectivity index (χ2v) is 12.4. The molecule has 1 saturated carbocycles. The number of aliphatic hydroxyl groups is 1. The molecule has 40 heavy (non-hydrogen) atoms. The summed E-state index contributed by atoms with van der Waals surface area (Å²) in [5.74, 6) is -3.38. The van der Waals surface area contributed by atoms with E-state index in [1.54, 1.807) is 46.8 Å². The summed E-state index contributed by atoms with van der Waals surface area (Å²) >= 11 is 6.49. The number of anilines is 1. The van der Waals surface area contributed by atoms with Gasteiger partial charge in [-0.3, -0.25) is 24.0 Å². The second kappa shape index (κ2) is 12.6. The molecule has 3 rings (SSSR count). The van der Waals surface area contributed by atoms with E-state index >= 15 is 0 Å². The molecular weight excluding hydrogens is 540 g/mol. The number of piperidine rings is 1. The van der Waals surface area contributed by atoms with Crippen molar-refractivity contribution in [2.75, 3.05) is 11.9 Å². The minimum Gasteiger partial charge on any atom is -0.481 e. The molecule has 11 nitrogen and oxygen atoms in total. The number of halogens is 1. The molecule has 220 valence electrons. The Morgan fingerprint density at radius 3 is 2.35 bits per heavy atom. The first-order valence-electron chi connectivity index (χ1n) is 13.5. The van der Waals surface area contributed by atoms with Gasteiger partial charge in [0, 0.05) is 12.0 Å². The van der Waals surface area contributed by atoms with Crippen LogP contribution < -0.4 is 16.0 Å². The van der Waals surface area contributed by atoms with Gasteiger partial charge in [0.25, 0.3) is 5.91 Å². The van der Waals surface area contributed by atoms with E-state index in [9.17, 15) is 29.1 Å². The SMILES string of the molecule is CC(C)C(=O)Nc1cccc(C(=O)NC(C(=O)N2C(C(=O)NC(CO)CC(=O)O)C3CC[C@H]2C3)C(C)(C)C)c1Cl. The maximum absolute atomic E-state index is 14.1. The molecule has 5 atom stereocenters. The lowest BCUT2D eigenvalue weighted by atomic mass is 9.84. The van der Waals surface area contributed by atoms with Gasteiger partial charge < -0.3 is 31.1 Å². The summed E-state index contributed by atoms with van der Waals surface area (Å²) < 4.78 is 0. The number of hydrogen-bond donors (Lipinski definition) is 5. The lowest BCUT2D eigenvalue weighted by Crippen LogP contribution is -2.61. The van der Waals surface area contributed by atoms with Crippen molar-refractivity contribution in [3.05, 3.63) is 28.8 Å². The molecule has 1 aliphatic heterocycles. The predicted molar refractivity (Wildman–Crippen MR) is 149 cm³/mol. The number of rotatable bonds is 10. The first-order chi connectivity index (χ1) is 18.6. The van der Waals surface area contributed by atoms with Crippen molar-refractivity contribution in [2.24, 2.45) is 17.3 Å². The summed E-state index contributed by atoms with van der Waals surface area (Å²) in [5, 5.41) is 26.8. The first-order valence-corrected chi connectivity index (χ1v) is 13.9. The zero-order chi connectivity index (χ0) is 29.9. The van der Waals surface area contributed by atoms with Crippen molar-refractivity contribution in [3.63, 3.8) is 0 Å². The number of nitrogens with one attached hydrogen (secondary N) is 3. The van der Waals surface area contributed by atoms with E-state index in [-0.39, 0.29) is 40.1 Å². The highest BCUT2D eigenvalue weighted by Crippen LogP contribution is 2.43. The van der Waals surface area contributed by atoms with Crippen LogP contribution in [0.5, 0.6) is 0 Å². The van der Waals surface area contributed by atoms with Crippen LogP contribution >= 0.6 is 11.6 Å². The highest BCUT2D eigenvalue weighted by molar-refractivity contribution is 6.37. The van der Waals surface area contributed by atoms with E-state index in [0.29, 0.717) is 12.8 Å². The number of amides is 4. The number of hydrogen-bond acceptors (Lipinski definition) is 6. The van der Waals surface area contributed by atoms with Crippen LogP contribution in [0.15, 0.2) is 18.2 Å². The van der Waals surface area contributed by atoms with Crippen molar-refractivity contribution in [3.8, 4) is 0 Å². The van der Waals surface area contributed by atoms with Gasteiger partial charge in [0.15, 0.2) is 0 Å². The number of fused-ring (bicyclic) bond motifs is 2. The van der Waals surface area contributed by atoms with Crippen LogP contribution in [0.2, 0.25) is 5.02 Å². The lowest BCUT2D eigenvalue weighted by Gasteiger charge is -2.40. The largest absolute Gasteiger partial charge is 0.481 e. The molecule has 1 heterocycles. The first kappa shape index (κ1) is 31.3. The van der Waals surface area contributed by atoms with E-state index in [2.05, 4.69) is 16.0 Å². The molecule has 5 N–H and O–H groups in total. The molecule has 0 radical (unpaired) electrons. The van der Waals surface area contributed by atoms with Gasteiger partial charge in [-0.15, -0.1) is 0 Å². The molecule has 1 aliphatic carbocycles. The third kappa shape index (κ3) is 6.93. The Hall–Kier alpha value is -3.18. The minimum absolute atomic E-state index is 0.0417. The minimum atomic E-state index is -1.16. The normalized spacial score (nSPS) is 21.6. The fourth-order valence-electron chi connectivity index (χ4n) is 5.39. The zero-order valence-electron chi connectivity index (χ0n) is 23.5. The van der Waals surface area contributed by atoms with Crippen LogP contribution in [0.3, 0.4) is 0 Å². The molecule has 1 saturated heterocycles. The van der Waals surface area contributed by atoms with Crippen LogP contribution in [0.25, 0.3) is 0 Å². The van der Waals surface area contributed by atoms with Crippen molar-refractivity contribution in [2.45, 2.75) is 84.5 Å². The number of benzene rings is 1. The van der Waals surface area contributed by atoms with Gasteiger partial charge in [0.05, 0.1) is 35.3 Å². The Morgan fingerprint density at radius 1 is 1.10 bits per heavy atom. The molecule has 1 aromatic carbocycles. The van der Waals surface area contributed by atoms with Crippen LogP contribution in [0.4, 0.5) is 5.69 Å². The van der Waals surface area contributed by atoms with Gasteiger partial charge in [0.2, 0.25) is 17.7 Å². The highest BCUT2D eigenvalue weighted by Gasteiger charge is 2.53. The second-order valence-electron chi connectivity index (χ2n) is 12.0. The number of nitrogens with zero attached hydrogens (tertiary/aromatic N) is 1. The zero-order valence-corrected chi connectivity index (χ0v) is 24.2. The van der Waals surface area contributed by atoms with E-state index < -0.39 is 60.3 Å². The fraction of sp³-hybridized carbons (Fsp3) is 0.607. The van der Waals surface area contributed by atoms with Gasteiger partial charge in [-0.1, -0.05) is 52.3 Å². The topological polar surface area (TPSA) is 165 Å². The number of carbonyl (C=O) groups excluding carboxylic acids is 4. The monoisotopic (exact) mass is 578 g/mol. The summed E-state index contributed by atoms with van der Waals surface area (Å²) in [4.78, 5) is 65.6. The summed E-state index contributed by atoms with van der Waals surface area (Å²) in [6.07, 6.45) is 1.63. The smallest absolute Gasteiger partial charge is 0.305 e. The number of aliphatic hydroxyl groups excluding tert-OH is 1. The van der Waals surface area contributed by atoms with Crippen LogP contribution in [-0.4, -0.2) is 75.5 Å². The Labute approximate surface area is 239 Å². The molecule has 0 aromatic heterocycles. The van der Waals surface area contributed by atoms with Gasteiger partial charge in [-0.2, -0.15) is 0 Å². The number of aliphatic carboxylic acids is 1. The average molecular weight is 579 g/mol. The molecule has 0 spiro atoms. The van der Waals surface area contributed by atoms with E-state index in [4.69, 9.17) is 16.7 Å². The maximum Gasteiger partial charge on any atom is 0.305 e. The van der Waals surface area contributed by atoms with Gasteiger partial charge in [-0.05, 0) is 42.7 Å². The quantitative estimate of drug-likeness (QED) is 0.284. The molecule has 4 unspecified atom stereocenters. The Morgan fingerprint density at radius 2 is 1.77 bits per heavy atom. The lowest BCUT2D eigenvalue weighted by molar-refractivity contribution is -0.147. The van der Waals surface area contributed by atoms with Gasteiger partial charge >= 0.3 is 5.97 Å². The number of likely N-dealkylation sites (tertiary alicyclic amines) is 1. The van der Waals surface area contributed by atoms with Crippen LogP contribution in [0.1, 0.15) is 70.7 Å². The average Bonchev–Trinajstić information content (AvgIpc) is 3.48. The van der Waals surface area contributed by atoms with Crippen LogP contribution in [0, 0.1) is 17.3 Å². The van der Waals surface area contributed by atoms with Gasteiger partial charge in [-0.25, -0.2) is 0 Å². The van der Waals surface area contributed by atoms with E-state index in [1.165, 1.54) is 11.0 Å². The summed E-state index contributed by atoms with van der Waals surface area (Å²) in [7, 11) is 0. The Bertz CT molecular complexity index is 1170. The van der Waals surface area contributed by atoms with Crippen molar-refractivity contribution >= 4 is 46.9 Å². The van der Waals surface area contributed by atoms with Crippen molar-refractivity contribution in [1.29, 1.82) is 0 Å². The molecule has 2 aliphatic rings. The standard InChI is InChI=1S/C28H39ClN4O7/c1-14(2)24(37)31-19-8-6-7-18(21(19)29)25(38)32-23(28(3,4)5)27(40)33-17-10-9-15(11-17)22(33)26(39)30-16(13-34)12-20(35)36/h6-8,14-17,22-23,34H,9-13H2,1-5H3,(H,30,39)(H,31,37)(H,32,38)(H,35,36)/t15?,16?,17-,22?,23?/m0/s1. The molecule has 4 amide bonds. The molecule has 12 heteroatoms. The highest BCUT2D eigenvalue weighted by atomic mass is 35.5. The molecule has 2 bridgehead atoms. The fourth-order valence-corrected chi connectivity index (χ4v) is 5.65. The van der Waals surface area contributed by atoms with E-state index in [0.717, 1.165) is 6.42 Å². The van der Waals surface area contributed by atoms with Gasteiger partial charge in [0.1, 0.15) is 12.1 Å². The summed E-state index contributed by atoms with van der Waals surface area (Å²) in [6.45, 7) is 8.31. The third-order valence-corrected chi connectivity index (χ3v) is 7.92. The number of carboxylic acid groups (broad SMARTS) is 1. The molecule has 1 aromatic rings. The Balaban J connectivity index is 1.85. The van der Waals surface area contributed by atoms with Crippen molar-refractivity contribution in [1.82, 2.24) is 15.5 Å². The maximum atomic E-state index is 14.1. The van der Waals surface area contributed by atoms with E-state index in [1.807, 2.05) is 0 Å². The summed E-state index contributed by atoms with van der Waals surface area (Å²) in [5.41, 5.74) is -0.385. The third-order valence-electron chi connectivity index (χ3n) is 7.51. The predicted octanol–water partition coefficient (Wildman–Crippen LogP) is 2.41. The number of carbonyl (C=O) groups is 5. The molecule has 2 fully saturated rings. The van der Waals surface area contributed by atoms with Crippen molar-refractivity contribution < 1.29 is 34.2 Å². The Kier molecular flexibility index (Phi) is 9.84. The van der Waals surface area contributed by atoms with Crippen LogP contribution in [-0.2, 0) is 19.2 Å². The number of carboxylic acids is 1. The summed E-state index contributed by atoms with van der Waals surface area (Å²) in [6, 6.07) is 1.63. The molecular formula is C28H39ClN4O7.